The summed E-state index contributed by atoms with van der Waals surface area (Å²) in [7, 11) is 0. The van der Waals surface area contributed by atoms with Gasteiger partial charge in [-0.15, -0.1) is 0 Å². The van der Waals surface area contributed by atoms with Crippen molar-refractivity contribution >= 4 is 12.4 Å². The molecule has 0 saturated heterocycles. The Labute approximate surface area is 75.3 Å². The van der Waals surface area contributed by atoms with Crippen molar-refractivity contribution in [3.8, 4) is 11.5 Å². The van der Waals surface area contributed by atoms with Crippen LogP contribution < -0.4 is 4.74 Å². The van der Waals surface area contributed by atoms with Gasteiger partial charge in [0.1, 0.15) is 11.5 Å². The highest BCUT2D eigenvalue weighted by Crippen LogP contribution is 2.28. The van der Waals surface area contributed by atoms with E-state index in [4.69, 9.17) is 9.84 Å². The first-order chi connectivity index (χ1) is 6.29. The Kier molecular flexibility index (Phi) is 1.77. The fourth-order valence-corrected chi connectivity index (χ4v) is 1.22. The Bertz CT molecular complexity index is 368. The lowest BCUT2D eigenvalue weighted by Crippen LogP contribution is -2.17. The molecule has 13 heavy (non-hydrogen) atoms. The lowest BCUT2D eigenvalue weighted by Gasteiger charge is -2.16. The van der Waals surface area contributed by atoms with Crippen LogP contribution >= 0.6 is 0 Å². The van der Waals surface area contributed by atoms with Crippen LogP contribution in [0.1, 0.15) is 5.56 Å². The minimum atomic E-state index is -0.533. The predicted molar refractivity (Wildman–Crippen MR) is 47.6 cm³/mol. The number of rotatable bonds is 1. The van der Waals surface area contributed by atoms with E-state index in [1.807, 2.05) is 0 Å². The van der Waals surface area contributed by atoms with Crippen LogP contribution in [0.5, 0.6) is 11.5 Å². The van der Waals surface area contributed by atoms with Crippen LogP contribution in [-0.4, -0.2) is 17.5 Å². The van der Waals surface area contributed by atoms with Crippen LogP contribution in [0.3, 0.4) is 0 Å². The molecule has 1 aromatic carbocycles. The molecule has 3 heteroatoms. The maximum atomic E-state index is 10.4. The lowest BCUT2D eigenvalue weighted by atomic mass is 10.1. The number of phenolic OH excluding ortho intramolecular Hbond substituents is 1. The van der Waals surface area contributed by atoms with E-state index < -0.39 is 6.10 Å². The first-order valence-electron chi connectivity index (χ1n) is 3.93. The second-order valence-corrected chi connectivity index (χ2v) is 2.80. The number of ether oxygens (including phenoxy) is 1. The van der Waals surface area contributed by atoms with E-state index in [1.165, 1.54) is 6.07 Å². The Balaban J connectivity index is 2.41. The third-order valence-electron chi connectivity index (χ3n) is 1.86. The van der Waals surface area contributed by atoms with Crippen molar-refractivity contribution in [2.24, 2.45) is 0 Å². The summed E-state index contributed by atoms with van der Waals surface area (Å²) in [5, 5.41) is 9.15. The molecule has 0 fully saturated rings. The summed E-state index contributed by atoms with van der Waals surface area (Å²) in [6, 6.07) is 4.81. The molecule has 2 rings (SSSR count). The average Bonchev–Trinajstić information content (AvgIpc) is 2.16. The summed E-state index contributed by atoms with van der Waals surface area (Å²) in [5.74, 6) is 0.679. The van der Waals surface area contributed by atoms with Crippen LogP contribution in [0.4, 0.5) is 0 Å². The average molecular weight is 176 g/mol. The Hall–Kier alpha value is -1.77. The van der Waals surface area contributed by atoms with Crippen molar-refractivity contribution in [3.63, 3.8) is 0 Å². The largest absolute Gasteiger partial charge is 0.508 e. The molecule has 0 radical (unpaired) electrons. The van der Waals surface area contributed by atoms with Gasteiger partial charge in [-0.2, -0.15) is 0 Å². The third-order valence-corrected chi connectivity index (χ3v) is 1.86. The Morgan fingerprint density at radius 1 is 1.46 bits per heavy atom. The molecular formula is C10H8O3. The molecule has 0 aliphatic carbocycles. The zero-order valence-corrected chi connectivity index (χ0v) is 6.81. The summed E-state index contributed by atoms with van der Waals surface area (Å²) in [5.41, 5.74) is 0.871. The van der Waals surface area contributed by atoms with Crippen LogP contribution in [-0.2, 0) is 4.79 Å². The standard InChI is InChI=1S/C10H8O3/c11-6-9-4-2-7-1-3-8(12)5-10(7)13-9/h1-6,9,12H. The van der Waals surface area contributed by atoms with Gasteiger partial charge in [-0.25, -0.2) is 0 Å². The molecule has 1 unspecified atom stereocenters. The van der Waals surface area contributed by atoms with Gasteiger partial charge >= 0.3 is 0 Å². The number of carbonyl (C=O) groups excluding carboxylic acids is 1. The predicted octanol–water partition coefficient (Wildman–Crippen LogP) is 1.37. The monoisotopic (exact) mass is 176 g/mol. The van der Waals surface area contributed by atoms with Crippen LogP contribution in [0.25, 0.3) is 6.08 Å². The summed E-state index contributed by atoms with van der Waals surface area (Å²) < 4.78 is 5.25. The fraction of sp³-hybridized carbons (Fsp3) is 0.100. The highest BCUT2D eigenvalue weighted by atomic mass is 16.5. The maximum absolute atomic E-state index is 10.4. The highest BCUT2D eigenvalue weighted by Gasteiger charge is 2.13. The molecule has 0 aromatic heterocycles. The summed E-state index contributed by atoms with van der Waals surface area (Å²) >= 11 is 0. The third kappa shape index (κ3) is 1.40. The van der Waals surface area contributed by atoms with Gasteiger partial charge in [-0.05, 0) is 18.2 Å². The molecular weight excluding hydrogens is 168 g/mol. The molecule has 1 aromatic rings. The fourth-order valence-electron chi connectivity index (χ4n) is 1.22. The number of carbonyl (C=O) groups is 1. The molecule has 1 heterocycles. The Morgan fingerprint density at radius 2 is 2.31 bits per heavy atom. The van der Waals surface area contributed by atoms with Gasteiger partial charge in [0.25, 0.3) is 0 Å². The minimum Gasteiger partial charge on any atom is -0.508 e. The van der Waals surface area contributed by atoms with Gasteiger partial charge < -0.3 is 9.84 Å². The summed E-state index contributed by atoms with van der Waals surface area (Å²) in [6.45, 7) is 0. The van der Waals surface area contributed by atoms with Crippen LogP contribution in [0.2, 0.25) is 0 Å². The number of aromatic hydroxyl groups is 1. The van der Waals surface area contributed by atoms with E-state index in [-0.39, 0.29) is 5.75 Å². The smallest absolute Gasteiger partial charge is 0.172 e. The number of benzene rings is 1. The second-order valence-electron chi connectivity index (χ2n) is 2.80. The molecule has 1 atom stereocenters. The van der Waals surface area contributed by atoms with Gasteiger partial charge in [0.2, 0.25) is 0 Å². The van der Waals surface area contributed by atoms with Crippen molar-refractivity contribution in [3.05, 3.63) is 29.8 Å². The number of hydrogen-bond donors (Lipinski definition) is 1. The first-order valence-corrected chi connectivity index (χ1v) is 3.93. The summed E-state index contributed by atoms with van der Waals surface area (Å²) in [6.07, 6.45) is 3.65. The molecule has 66 valence electrons. The van der Waals surface area contributed by atoms with Gasteiger partial charge in [0.15, 0.2) is 12.4 Å². The van der Waals surface area contributed by atoms with Crippen molar-refractivity contribution in [2.45, 2.75) is 6.10 Å². The minimum absolute atomic E-state index is 0.138. The van der Waals surface area contributed by atoms with E-state index in [2.05, 4.69) is 0 Å². The first kappa shape index (κ1) is 7.86. The van der Waals surface area contributed by atoms with Crippen molar-refractivity contribution in [1.82, 2.24) is 0 Å². The topological polar surface area (TPSA) is 46.5 Å². The van der Waals surface area contributed by atoms with Gasteiger partial charge in [0, 0.05) is 11.6 Å². The molecule has 1 aliphatic rings. The highest BCUT2D eigenvalue weighted by molar-refractivity contribution is 5.70. The molecule has 1 N–H and O–H groups in total. The molecule has 0 saturated carbocycles. The van der Waals surface area contributed by atoms with E-state index in [0.29, 0.717) is 12.0 Å². The molecule has 0 spiro atoms. The van der Waals surface area contributed by atoms with E-state index in [0.717, 1.165) is 5.56 Å². The van der Waals surface area contributed by atoms with E-state index >= 15 is 0 Å². The zero-order valence-electron chi connectivity index (χ0n) is 6.81. The van der Waals surface area contributed by atoms with E-state index in [1.54, 1.807) is 24.3 Å². The second kappa shape index (κ2) is 2.94. The normalized spacial score (nSPS) is 18.9. The quantitative estimate of drug-likeness (QED) is 0.657. The van der Waals surface area contributed by atoms with Gasteiger partial charge in [-0.1, -0.05) is 6.08 Å². The zero-order chi connectivity index (χ0) is 9.26. The SMILES string of the molecule is O=CC1C=Cc2ccc(O)cc2O1. The summed E-state index contributed by atoms with van der Waals surface area (Å²) in [4.78, 5) is 10.4. The van der Waals surface area contributed by atoms with Crippen molar-refractivity contribution in [1.29, 1.82) is 0 Å². The number of aldehydes is 1. The van der Waals surface area contributed by atoms with Gasteiger partial charge in [0.05, 0.1) is 0 Å². The molecule has 0 bridgehead atoms. The molecule has 1 aliphatic heterocycles. The number of fused-ring (bicyclic) bond motifs is 1. The molecule has 0 amide bonds. The maximum Gasteiger partial charge on any atom is 0.172 e. The van der Waals surface area contributed by atoms with Crippen molar-refractivity contribution < 1.29 is 14.6 Å². The Morgan fingerprint density at radius 3 is 3.08 bits per heavy atom. The van der Waals surface area contributed by atoms with Crippen molar-refractivity contribution in [2.75, 3.05) is 0 Å². The molecule has 3 nitrogen and oxygen atoms in total. The number of hydrogen-bond acceptors (Lipinski definition) is 3. The van der Waals surface area contributed by atoms with Crippen LogP contribution in [0.15, 0.2) is 24.3 Å². The van der Waals surface area contributed by atoms with Crippen LogP contribution in [0, 0.1) is 0 Å². The van der Waals surface area contributed by atoms with E-state index in [9.17, 15) is 4.79 Å². The number of phenols is 1. The van der Waals surface area contributed by atoms with Gasteiger partial charge in [-0.3, -0.25) is 4.79 Å². The lowest BCUT2D eigenvalue weighted by molar-refractivity contribution is -0.112.